The number of carbonyl (C=O) groups excluding carboxylic acids is 4. The third kappa shape index (κ3) is 4.42. The summed E-state index contributed by atoms with van der Waals surface area (Å²) in [6, 6.07) is -0.308. The minimum absolute atomic E-state index is 0.0213. The summed E-state index contributed by atoms with van der Waals surface area (Å²) in [5.41, 5.74) is -0.766. The van der Waals surface area contributed by atoms with Crippen molar-refractivity contribution in [2.45, 2.75) is 76.3 Å². The zero-order chi connectivity index (χ0) is 19.4. The maximum absolute atomic E-state index is 12.5. The summed E-state index contributed by atoms with van der Waals surface area (Å²) in [6.07, 6.45) is 7.36. The number of hydrogen-bond acceptors (Lipinski definition) is 5. The lowest BCUT2D eigenvalue weighted by Gasteiger charge is -2.29. The lowest BCUT2D eigenvalue weighted by atomic mass is 9.86. The molecule has 3 aliphatic rings. The van der Waals surface area contributed by atoms with Crippen molar-refractivity contribution in [2.24, 2.45) is 5.92 Å². The zero-order valence-corrected chi connectivity index (χ0v) is 15.9. The molecule has 27 heavy (non-hydrogen) atoms. The number of nitrogens with zero attached hydrogens (tertiary/aromatic N) is 1. The average molecular weight is 379 g/mol. The first-order valence-corrected chi connectivity index (χ1v) is 10.0. The van der Waals surface area contributed by atoms with Crippen LogP contribution in [0.4, 0.5) is 4.79 Å². The van der Waals surface area contributed by atoms with Gasteiger partial charge in [0.05, 0.1) is 6.42 Å². The molecule has 2 saturated carbocycles. The minimum Gasteiger partial charge on any atom is -0.456 e. The van der Waals surface area contributed by atoms with Crippen LogP contribution >= 0.6 is 0 Å². The maximum atomic E-state index is 12.5. The second kappa shape index (κ2) is 8.27. The van der Waals surface area contributed by atoms with Crippen LogP contribution < -0.4 is 10.6 Å². The van der Waals surface area contributed by atoms with E-state index in [0.717, 1.165) is 37.0 Å². The molecule has 1 saturated heterocycles. The summed E-state index contributed by atoms with van der Waals surface area (Å²) in [4.78, 5) is 49.5. The first-order valence-electron chi connectivity index (χ1n) is 10.0. The van der Waals surface area contributed by atoms with Gasteiger partial charge >= 0.3 is 12.0 Å². The van der Waals surface area contributed by atoms with Crippen molar-refractivity contribution in [1.82, 2.24) is 15.5 Å². The molecule has 8 nitrogen and oxygen atoms in total. The van der Waals surface area contributed by atoms with Gasteiger partial charge in [0.1, 0.15) is 5.54 Å². The molecule has 0 aromatic rings. The predicted molar refractivity (Wildman–Crippen MR) is 96.6 cm³/mol. The molecule has 8 heteroatoms. The third-order valence-corrected chi connectivity index (χ3v) is 6.06. The van der Waals surface area contributed by atoms with Crippen LogP contribution in [0.2, 0.25) is 0 Å². The van der Waals surface area contributed by atoms with Crippen LogP contribution in [0.25, 0.3) is 0 Å². The molecule has 0 bridgehead atoms. The Morgan fingerprint density at radius 3 is 2.59 bits per heavy atom. The SMILES string of the molecule is C[C@H]1CCCC[C@@H]1NC(=O)COC(=O)CCN1C(=O)NC2(CCCC2)C1=O. The van der Waals surface area contributed by atoms with E-state index < -0.39 is 17.5 Å². The van der Waals surface area contributed by atoms with Crippen LogP contribution in [-0.4, -0.2) is 53.4 Å². The van der Waals surface area contributed by atoms with Gasteiger partial charge < -0.3 is 15.4 Å². The van der Waals surface area contributed by atoms with Crippen LogP contribution in [0, 0.1) is 5.92 Å². The smallest absolute Gasteiger partial charge is 0.325 e. The van der Waals surface area contributed by atoms with Gasteiger partial charge in [-0.3, -0.25) is 19.3 Å². The quantitative estimate of drug-likeness (QED) is 0.537. The minimum atomic E-state index is -0.766. The van der Waals surface area contributed by atoms with Crippen molar-refractivity contribution in [2.75, 3.05) is 13.2 Å². The molecule has 1 heterocycles. The summed E-state index contributed by atoms with van der Waals surface area (Å²) < 4.78 is 5.01. The molecule has 2 aliphatic carbocycles. The summed E-state index contributed by atoms with van der Waals surface area (Å²) in [6.45, 7) is 1.77. The molecule has 0 radical (unpaired) electrons. The molecule has 1 aliphatic heterocycles. The van der Waals surface area contributed by atoms with E-state index in [2.05, 4.69) is 17.6 Å². The topological polar surface area (TPSA) is 105 Å². The molecular weight excluding hydrogens is 350 g/mol. The number of nitrogens with one attached hydrogen (secondary N) is 2. The van der Waals surface area contributed by atoms with E-state index in [-0.39, 0.29) is 37.4 Å². The highest BCUT2D eigenvalue weighted by Gasteiger charge is 2.52. The molecule has 1 spiro atoms. The Labute approximate surface area is 159 Å². The standard InChI is InChI=1S/C19H29N3O5/c1-13-6-2-3-7-14(13)20-15(23)12-27-16(24)8-11-22-17(25)19(21-18(22)26)9-4-5-10-19/h13-14H,2-12H2,1H3,(H,20,23)(H,21,26)/t13-,14-/m0/s1. The number of esters is 1. The number of urea groups is 1. The van der Waals surface area contributed by atoms with Gasteiger partial charge in [0.15, 0.2) is 6.61 Å². The number of amides is 4. The summed E-state index contributed by atoms with van der Waals surface area (Å²) in [5.74, 6) is -0.709. The normalized spacial score (nSPS) is 26.9. The van der Waals surface area contributed by atoms with Crippen LogP contribution in [0.1, 0.15) is 64.7 Å². The van der Waals surface area contributed by atoms with Gasteiger partial charge in [-0.1, -0.05) is 32.6 Å². The second-order valence-corrected chi connectivity index (χ2v) is 8.02. The van der Waals surface area contributed by atoms with Gasteiger partial charge in [0, 0.05) is 12.6 Å². The lowest BCUT2D eigenvalue weighted by Crippen LogP contribution is -2.44. The Kier molecular flexibility index (Phi) is 6.01. The highest BCUT2D eigenvalue weighted by atomic mass is 16.5. The summed E-state index contributed by atoms with van der Waals surface area (Å²) in [5, 5.41) is 5.70. The monoisotopic (exact) mass is 379 g/mol. The van der Waals surface area contributed by atoms with Crippen molar-refractivity contribution in [3.8, 4) is 0 Å². The number of carbonyl (C=O) groups is 4. The molecule has 3 fully saturated rings. The Bertz CT molecular complexity index is 614. The van der Waals surface area contributed by atoms with Gasteiger partial charge in [-0.25, -0.2) is 4.79 Å². The number of rotatable bonds is 6. The van der Waals surface area contributed by atoms with Gasteiger partial charge in [-0.05, 0) is 31.6 Å². The lowest BCUT2D eigenvalue weighted by molar-refractivity contribution is -0.149. The van der Waals surface area contributed by atoms with E-state index in [1.807, 2.05) is 0 Å². The van der Waals surface area contributed by atoms with Crippen LogP contribution in [0.5, 0.6) is 0 Å². The number of hydrogen-bond donors (Lipinski definition) is 2. The Hall–Kier alpha value is -2.12. The molecule has 3 rings (SSSR count). The number of ether oxygens (including phenoxy) is 1. The highest BCUT2D eigenvalue weighted by molar-refractivity contribution is 6.07. The molecule has 150 valence electrons. The first-order chi connectivity index (χ1) is 12.9. The average Bonchev–Trinajstić information content (AvgIpc) is 3.19. The molecule has 2 atom stereocenters. The number of imide groups is 1. The fourth-order valence-electron chi connectivity index (χ4n) is 4.40. The van der Waals surface area contributed by atoms with Crippen LogP contribution in [-0.2, 0) is 19.1 Å². The first kappa shape index (κ1) is 19.6. The molecule has 0 aromatic heterocycles. The van der Waals surface area contributed by atoms with E-state index in [4.69, 9.17) is 4.74 Å². The maximum Gasteiger partial charge on any atom is 0.325 e. The molecule has 4 amide bonds. The van der Waals surface area contributed by atoms with Crippen LogP contribution in [0.3, 0.4) is 0 Å². The Balaban J connectivity index is 1.39. The molecular formula is C19H29N3O5. The van der Waals surface area contributed by atoms with E-state index in [9.17, 15) is 19.2 Å². The van der Waals surface area contributed by atoms with E-state index in [1.54, 1.807) is 0 Å². The predicted octanol–water partition coefficient (Wildman–Crippen LogP) is 1.48. The van der Waals surface area contributed by atoms with Gasteiger partial charge in [-0.2, -0.15) is 0 Å². The Morgan fingerprint density at radius 1 is 1.19 bits per heavy atom. The van der Waals surface area contributed by atoms with Crippen molar-refractivity contribution >= 4 is 23.8 Å². The van der Waals surface area contributed by atoms with E-state index in [0.29, 0.717) is 18.8 Å². The largest absolute Gasteiger partial charge is 0.456 e. The zero-order valence-electron chi connectivity index (χ0n) is 15.9. The van der Waals surface area contributed by atoms with Gasteiger partial charge in [0.25, 0.3) is 11.8 Å². The fourth-order valence-corrected chi connectivity index (χ4v) is 4.40. The van der Waals surface area contributed by atoms with Gasteiger partial charge in [-0.15, -0.1) is 0 Å². The Morgan fingerprint density at radius 2 is 1.89 bits per heavy atom. The van der Waals surface area contributed by atoms with E-state index in [1.165, 1.54) is 6.42 Å². The molecule has 0 unspecified atom stereocenters. The second-order valence-electron chi connectivity index (χ2n) is 8.02. The summed E-state index contributed by atoms with van der Waals surface area (Å²) in [7, 11) is 0. The third-order valence-electron chi connectivity index (χ3n) is 6.06. The van der Waals surface area contributed by atoms with Crippen molar-refractivity contribution in [3.63, 3.8) is 0 Å². The van der Waals surface area contributed by atoms with Crippen molar-refractivity contribution in [3.05, 3.63) is 0 Å². The van der Waals surface area contributed by atoms with Crippen LogP contribution in [0.15, 0.2) is 0 Å². The van der Waals surface area contributed by atoms with Gasteiger partial charge in [0.2, 0.25) is 0 Å². The summed E-state index contributed by atoms with van der Waals surface area (Å²) >= 11 is 0. The molecule has 0 aromatic carbocycles. The van der Waals surface area contributed by atoms with Crippen molar-refractivity contribution in [1.29, 1.82) is 0 Å². The molecule has 2 N–H and O–H groups in total. The van der Waals surface area contributed by atoms with E-state index >= 15 is 0 Å². The highest BCUT2D eigenvalue weighted by Crippen LogP contribution is 2.35. The fraction of sp³-hybridized carbons (Fsp3) is 0.789. The van der Waals surface area contributed by atoms with Crippen molar-refractivity contribution < 1.29 is 23.9 Å².